The summed E-state index contributed by atoms with van der Waals surface area (Å²) in [6.45, 7) is 5.30. The van der Waals surface area contributed by atoms with Crippen LogP contribution in [0.15, 0.2) is 60.3 Å². The first-order valence-electron chi connectivity index (χ1n) is 7.38. The summed E-state index contributed by atoms with van der Waals surface area (Å²) < 4.78 is 0. The quantitative estimate of drug-likeness (QED) is 0.644. The largest absolute Gasteiger partial charge is 0.359 e. The number of carbonyl (C=O) groups is 2. The summed E-state index contributed by atoms with van der Waals surface area (Å²) in [4.78, 5) is 23.1. The minimum absolute atomic E-state index is 0.0372. The van der Waals surface area contributed by atoms with Gasteiger partial charge in [0.2, 0.25) is 5.91 Å². The summed E-state index contributed by atoms with van der Waals surface area (Å²) in [5, 5.41) is 5.87. The van der Waals surface area contributed by atoms with E-state index in [1.54, 1.807) is 18.2 Å². The van der Waals surface area contributed by atoms with Crippen molar-refractivity contribution in [2.75, 3.05) is 10.6 Å². The fourth-order valence-electron chi connectivity index (χ4n) is 2.10. The Balaban J connectivity index is 2.02. The van der Waals surface area contributed by atoms with Gasteiger partial charge in [0.25, 0.3) is 0 Å². The topological polar surface area (TPSA) is 58.2 Å². The van der Waals surface area contributed by atoms with E-state index < -0.39 is 0 Å². The summed E-state index contributed by atoms with van der Waals surface area (Å²) >= 11 is 0. The average Bonchev–Trinajstić information content (AvgIpc) is 2.49. The highest BCUT2D eigenvalue weighted by Gasteiger charge is 2.03. The Bertz CT molecular complexity index is 729. The maximum Gasteiger partial charge on any atom is 0.221 e. The van der Waals surface area contributed by atoms with Gasteiger partial charge in [-0.2, -0.15) is 0 Å². The highest BCUT2D eigenvalue weighted by atomic mass is 16.1. The van der Waals surface area contributed by atoms with Gasteiger partial charge in [-0.15, -0.1) is 0 Å². The van der Waals surface area contributed by atoms with Crippen molar-refractivity contribution < 1.29 is 9.59 Å². The predicted octanol–water partition coefficient (Wildman–Crippen LogP) is 4.15. The predicted molar refractivity (Wildman–Crippen MR) is 93.6 cm³/mol. The molecule has 2 rings (SSSR count). The van der Waals surface area contributed by atoms with Crippen molar-refractivity contribution in [1.29, 1.82) is 0 Å². The zero-order valence-electron chi connectivity index (χ0n) is 13.5. The lowest BCUT2D eigenvalue weighted by Crippen LogP contribution is -2.05. The fraction of sp³-hybridized carbons (Fsp3) is 0.158. The Morgan fingerprint density at radius 3 is 1.87 bits per heavy atom. The third-order valence-corrected chi connectivity index (χ3v) is 3.23. The Morgan fingerprint density at radius 1 is 0.826 bits per heavy atom. The van der Waals surface area contributed by atoms with Gasteiger partial charge in [-0.25, -0.2) is 0 Å². The number of benzene rings is 2. The van der Waals surface area contributed by atoms with Crippen LogP contribution in [-0.2, 0) is 4.79 Å². The Kier molecular flexibility index (Phi) is 5.31. The number of rotatable bonds is 5. The zero-order chi connectivity index (χ0) is 16.8. The lowest BCUT2D eigenvalue weighted by atomic mass is 10.1. The number of nitrogens with one attached hydrogen (secondary N) is 2. The molecule has 118 valence electrons. The van der Waals surface area contributed by atoms with Gasteiger partial charge in [-0.05, 0) is 38.1 Å². The standard InChI is InChI=1S/C19H20N2O2/c1-13-4-6-16(7-5-13)19(23)12-14(2)20-17-8-10-18(11-9-17)21-15(3)22/h4-12,20H,1-3H3,(H,21,22). The molecule has 0 fully saturated rings. The molecule has 23 heavy (non-hydrogen) atoms. The summed E-state index contributed by atoms with van der Waals surface area (Å²) in [5.74, 6) is -0.143. The van der Waals surface area contributed by atoms with Gasteiger partial charge in [0.15, 0.2) is 5.78 Å². The molecule has 4 nitrogen and oxygen atoms in total. The lowest BCUT2D eigenvalue weighted by molar-refractivity contribution is -0.114. The van der Waals surface area contributed by atoms with Gasteiger partial charge in [-0.3, -0.25) is 9.59 Å². The van der Waals surface area contributed by atoms with Crippen LogP contribution < -0.4 is 10.6 Å². The molecule has 0 unspecified atom stereocenters. The summed E-state index contributed by atoms with van der Waals surface area (Å²) in [6, 6.07) is 14.8. The zero-order valence-corrected chi connectivity index (χ0v) is 13.5. The van der Waals surface area contributed by atoms with E-state index in [-0.39, 0.29) is 11.7 Å². The Hall–Kier alpha value is -2.88. The number of anilines is 2. The number of ketones is 1. The monoisotopic (exact) mass is 308 g/mol. The van der Waals surface area contributed by atoms with E-state index in [0.29, 0.717) is 5.56 Å². The van der Waals surface area contributed by atoms with Crippen LogP contribution in [0, 0.1) is 6.92 Å². The number of carbonyl (C=O) groups excluding carboxylic acids is 2. The molecule has 4 heteroatoms. The fourth-order valence-corrected chi connectivity index (χ4v) is 2.10. The maximum atomic E-state index is 12.2. The van der Waals surface area contributed by atoms with Crippen molar-refractivity contribution in [2.24, 2.45) is 0 Å². The van der Waals surface area contributed by atoms with Crippen LogP contribution in [0.25, 0.3) is 0 Å². The van der Waals surface area contributed by atoms with Gasteiger partial charge in [0, 0.05) is 35.6 Å². The van der Waals surface area contributed by atoms with Crippen molar-refractivity contribution in [1.82, 2.24) is 0 Å². The van der Waals surface area contributed by atoms with E-state index in [2.05, 4.69) is 10.6 Å². The Morgan fingerprint density at radius 2 is 1.35 bits per heavy atom. The highest BCUT2D eigenvalue weighted by Crippen LogP contribution is 2.15. The molecule has 0 aliphatic carbocycles. The number of amides is 1. The molecule has 0 heterocycles. The molecule has 0 atom stereocenters. The molecule has 0 aromatic heterocycles. The first-order chi connectivity index (χ1) is 10.9. The van der Waals surface area contributed by atoms with Gasteiger partial charge in [0.1, 0.15) is 0 Å². The third kappa shape index (κ3) is 5.11. The van der Waals surface area contributed by atoms with E-state index in [4.69, 9.17) is 0 Å². The second kappa shape index (κ2) is 7.40. The maximum absolute atomic E-state index is 12.2. The molecule has 0 saturated carbocycles. The molecule has 0 radical (unpaired) electrons. The number of hydrogen-bond donors (Lipinski definition) is 2. The molecule has 2 N–H and O–H groups in total. The van der Waals surface area contributed by atoms with Crippen LogP contribution in [-0.4, -0.2) is 11.7 Å². The first kappa shape index (κ1) is 16.5. The van der Waals surface area contributed by atoms with Crippen LogP contribution in [0.5, 0.6) is 0 Å². The van der Waals surface area contributed by atoms with E-state index in [1.807, 2.05) is 50.2 Å². The Labute approximate surface area is 136 Å². The SMILES string of the molecule is CC(=O)Nc1ccc(NC(C)=CC(=O)c2ccc(C)cc2)cc1. The smallest absolute Gasteiger partial charge is 0.221 e. The second-order valence-corrected chi connectivity index (χ2v) is 5.44. The van der Waals surface area contributed by atoms with Crippen molar-refractivity contribution >= 4 is 23.1 Å². The van der Waals surface area contributed by atoms with E-state index in [9.17, 15) is 9.59 Å². The summed E-state index contributed by atoms with van der Waals surface area (Å²) in [7, 11) is 0. The summed E-state index contributed by atoms with van der Waals surface area (Å²) in [6.07, 6.45) is 1.58. The van der Waals surface area contributed by atoms with E-state index >= 15 is 0 Å². The van der Waals surface area contributed by atoms with Crippen LogP contribution >= 0.6 is 0 Å². The molecular formula is C19H20N2O2. The minimum Gasteiger partial charge on any atom is -0.359 e. The summed E-state index contributed by atoms with van der Waals surface area (Å²) in [5.41, 5.74) is 4.13. The average molecular weight is 308 g/mol. The molecule has 0 saturated heterocycles. The normalized spacial score (nSPS) is 11.0. The molecule has 0 aliphatic rings. The van der Waals surface area contributed by atoms with Crippen molar-refractivity contribution in [2.45, 2.75) is 20.8 Å². The number of allylic oxidation sites excluding steroid dienone is 2. The molecule has 2 aromatic carbocycles. The molecule has 2 aromatic rings. The van der Waals surface area contributed by atoms with Crippen LogP contribution in [0.1, 0.15) is 29.8 Å². The van der Waals surface area contributed by atoms with Crippen molar-refractivity contribution in [3.8, 4) is 0 Å². The van der Waals surface area contributed by atoms with Gasteiger partial charge in [0.05, 0.1) is 0 Å². The van der Waals surface area contributed by atoms with E-state index in [0.717, 1.165) is 22.6 Å². The van der Waals surface area contributed by atoms with Crippen LogP contribution in [0.2, 0.25) is 0 Å². The minimum atomic E-state index is -0.106. The van der Waals surface area contributed by atoms with E-state index in [1.165, 1.54) is 6.92 Å². The van der Waals surface area contributed by atoms with Crippen LogP contribution in [0.4, 0.5) is 11.4 Å². The van der Waals surface area contributed by atoms with Gasteiger partial charge in [-0.1, -0.05) is 29.8 Å². The molecule has 0 aliphatic heterocycles. The van der Waals surface area contributed by atoms with Crippen molar-refractivity contribution in [3.05, 3.63) is 71.4 Å². The molecule has 0 spiro atoms. The lowest BCUT2D eigenvalue weighted by Gasteiger charge is -2.08. The second-order valence-electron chi connectivity index (χ2n) is 5.44. The first-order valence-corrected chi connectivity index (χ1v) is 7.38. The molecule has 1 amide bonds. The van der Waals surface area contributed by atoms with Crippen LogP contribution in [0.3, 0.4) is 0 Å². The molecular weight excluding hydrogens is 288 g/mol. The number of aryl methyl sites for hydroxylation is 1. The number of hydrogen-bond acceptors (Lipinski definition) is 3. The molecule has 0 bridgehead atoms. The van der Waals surface area contributed by atoms with Gasteiger partial charge < -0.3 is 10.6 Å². The highest BCUT2D eigenvalue weighted by molar-refractivity contribution is 6.05. The third-order valence-electron chi connectivity index (χ3n) is 3.23. The van der Waals surface area contributed by atoms with Crippen molar-refractivity contribution in [3.63, 3.8) is 0 Å². The van der Waals surface area contributed by atoms with Gasteiger partial charge >= 0.3 is 0 Å².